The average molecular weight is 415 g/mol. The maximum absolute atomic E-state index is 12.3. The summed E-state index contributed by atoms with van der Waals surface area (Å²) in [5.74, 6) is -0.156. The quantitative estimate of drug-likeness (QED) is 0.534. The van der Waals surface area contributed by atoms with E-state index in [9.17, 15) is 9.59 Å². The van der Waals surface area contributed by atoms with E-state index >= 15 is 0 Å². The molecule has 0 fully saturated rings. The summed E-state index contributed by atoms with van der Waals surface area (Å²) in [6, 6.07) is 12.1. The highest BCUT2D eigenvalue weighted by Gasteiger charge is 2.11. The van der Waals surface area contributed by atoms with Crippen molar-refractivity contribution in [3.8, 4) is 0 Å². The maximum Gasteiger partial charge on any atom is 0.325 e. The van der Waals surface area contributed by atoms with E-state index in [0.717, 1.165) is 16.8 Å². The van der Waals surface area contributed by atoms with Gasteiger partial charge in [0.25, 0.3) is 0 Å². The minimum Gasteiger partial charge on any atom is -0.325 e. The molecule has 144 valence electrons. The SMILES string of the molecule is Cc1cccc(NC(=O)Cc2csc(NC(=O)Nc3ccc(Cl)cc3)n2)c1C. The van der Waals surface area contributed by atoms with E-state index in [1.807, 2.05) is 32.0 Å². The van der Waals surface area contributed by atoms with Crippen molar-refractivity contribution < 1.29 is 9.59 Å². The number of nitrogens with one attached hydrogen (secondary N) is 3. The van der Waals surface area contributed by atoms with Crippen molar-refractivity contribution >= 4 is 51.4 Å². The molecular formula is C20H19ClN4O2S. The number of anilines is 3. The van der Waals surface area contributed by atoms with Gasteiger partial charge in [-0.1, -0.05) is 23.7 Å². The highest BCUT2D eigenvalue weighted by Crippen LogP contribution is 2.20. The molecule has 0 saturated carbocycles. The minimum absolute atomic E-state index is 0.129. The molecule has 8 heteroatoms. The lowest BCUT2D eigenvalue weighted by Crippen LogP contribution is -2.19. The summed E-state index contributed by atoms with van der Waals surface area (Å²) in [6.07, 6.45) is 0.129. The van der Waals surface area contributed by atoms with Crippen LogP contribution in [0.25, 0.3) is 0 Å². The molecule has 6 nitrogen and oxygen atoms in total. The number of benzene rings is 2. The molecule has 1 aromatic heterocycles. The molecule has 0 atom stereocenters. The molecule has 28 heavy (non-hydrogen) atoms. The molecule has 3 amide bonds. The Morgan fingerprint density at radius 1 is 1.04 bits per heavy atom. The molecule has 3 aromatic rings. The van der Waals surface area contributed by atoms with Gasteiger partial charge in [-0.05, 0) is 55.3 Å². The predicted molar refractivity (Wildman–Crippen MR) is 114 cm³/mol. The second-order valence-electron chi connectivity index (χ2n) is 6.20. The Kier molecular flexibility index (Phi) is 6.28. The molecule has 0 bridgehead atoms. The normalized spacial score (nSPS) is 10.4. The van der Waals surface area contributed by atoms with Crippen LogP contribution in [-0.2, 0) is 11.2 Å². The van der Waals surface area contributed by atoms with E-state index in [2.05, 4.69) is 20.9 Å². The molecule has 0 unspecified atom stereocenters. The summed E-state index contributed by atoms with van der Waals surface area (Å²) in [5, 5.41) is 11.0. The molecule has 3 N–H and O–H groups in total. The van der Waals surface area contributed by atoms with Crippen molar-refractivity contribution in [3.63, 3.8) is 0 Å². The molecule has 0 spiro atoms. The molecule has 2 aromatic carbocycles. The van der Waals surface area contributed by atoms with Gasteiger partial charge in [0.2, 0.25) is 5.91 Å². The van der Waals surface area contributed by atoms with Crippen molar-refractivity contribution in [2.75, 3.05) is 16.0 Å². The van der Waals surface area contributed by atoms with Gasteiger partial charge in [0.1, 0.15) is 0 Å². The molecule has 0 aliphatic rings. The van der Waals surface area contributed by atoms with Crippen molar-refractivity contribution in [2.24, 2.45) is 0 Å². The van der Waals surface area contributed by atoms with Crippen LogP contribution in [0.2, 0.25) is 5.02 Å². The first kappa shape index (κ1) is 19.9. The van der Waals surface area contributed by atoms with Gasteiger partial charge in [-0.3, -0.25) is 10.1 Å². The van der Waals surface area contributed by atoms with Crippen LogP contribution in [0.1, 0.15) is 16.8 Å². The van der Waals surface area contributed by atoms with E-state index in [4.69, 9.17) is 11.6 Å². The number of hydrogen-bond acceptors (Lipinski definition) is 4. The van der Waals surface area contributed by atoms with Crippen LogP contribution in [-0.4, -0.2) is 16.9 Å². The summed E-state index contributed by atoms with van der Waals surface area (Å²) in [7, 11) is 0. The molecular weight excluding hydrogens is 396 g/mol. The molecule has 0 saturated heterocycles. The summed E-state index contributed by atoms with van der Waals surface area (Å²) in [6.45, 7) is 3.97. The summed E-state index contributed by atoms with van der Waals surface area (Å²) >= 11 is 7.08. The zero-order chi connectivity index (χ0) is 20.1. The Morgan fingerprint density at radius 2 is 1.79 bits per heavy atom. The third kappa shape index (κ3) is 5.31. The topological polar surface area (TPSA) is 83.1 Å². The Morgan fingerprint density at radius 3 is 2.54 bits per heavy atom. The van der Waals surface area contributed by atoms with E-state index in [-0.39, 0.29) is 12.3 Å². The molecule has 0 aliphatic carbocycles. The van der Waals surface area contributed by atoms with Crippen LogP contribution in [0.15, 0.2) is 47.8 Å². The van der Waals surface area contributed by atoms with Crippen LogP contribution < -0.4 is 16.0 Å². The fourth-order valence-corrected chi connectivity index (χ4v) is 3.31. The number of aromatic nitrogens is 1. The summed E-state index contributed by atoms with van der Waals surface area (Å²) in [4.78, 5) is 28.6. The van der Waals surface area contributed by atoms with Gasteiger partial charge in [-0.15, -0.1) is 11.3 Å². The second kappa shape index (κ2) is 8.86. The van der Waals surface area contributed by atoms with E-state index in [1.54, 1.807) is 29.6 Å². The van der Waals surface area contributed by atoms with Crippen LogP contribution in [0.4, 0.5) is 21.3 Å². The van der Waals surface area contributed by atoms with E-state index in [1.165, 1.54) is 11.3 Å². The van der Waals surface area contributed by atoms with Gasteiger partial charge >= 0.3 is 6.03 Å². The highest BCUT2D eigenvalue weighted by atomic mass is 35.5. The summed E-state index contributed by atoms with van der Waals surface area (Å²) < 4.78 is 0. The maximum atomic E-state index is 12.3. The van der Waals surface area contributed by atoms with Crippen molar-refractivity contribution in [3.05, 3.63) is 69.7 Å². The van der Waals surface area contributed by atoms with Crippen LogP contribution >= 0.6 is 22.9 Å². The first-order valence-corrected chi connectivity index (χ1v) is 9.80. The second-order valence-corrected chi connectivity index (χ2v) is 7.50. The molecule has 0 aliphatic heterocycles. The number of rotatable bonds is 5. The van der Waals surface area contributed by atoms with Gasteiger partial charge in [0, 0.05) is 21.8 Å². The monoisotopic (exact) mass is 414 g/mol. The Labute approximate surface area is 172 Å². The third-order valence-electron chi connectivity index (χ3n) is 4.09. The van der Waals surface area contributed by atoms with Crippen molar-refractivity contribution in [2.45, 2.75) is 20.3 Å². The lowest BCUT2D eigenvalue weighted by molar-refractivity contribution is -0.115. The average Bonchev–Trinajstić information content (AvgIpc) is 3.07. The first-order valence-electron chi connectivity index (χ1n) is 8.55. The van der Waals surface area contributed by atoms with E-state index < -0.39 is 6.03 Å². The van der Waals surface area contributed by atoms with Gasteiger partial charge in [0.15, 0.2) is 5.13 Å². The predicted octanol–water partition coefficient (Wildman–Crippen LogP) is 5.24. The number of aryl methyl sites for hydroxylation is 1. The highest BCUT2D eigenvalue weighted by molar-refractivity contribution is 7.14. The molecule has 0 radical (unpaired) electrons. The summed E-state index contributed by atoms with van der Waals surface area (Å²) in [5.41, 5.74) is 4.15. The number of hydrogen-bond donors (Lipinski definition) is 3. The zero-order valence-corrected chi connectivity index (χ0v) is 16.9. The Hall–Kier alpha value is -2.90. The molecule has 1 heterocycles. The van der Waals surface area contributed by atoms with Gasteiger partial charge in [-0.25, -0.2) is 9.78 Å². The zero-order valence-electron chi connectivity index (χ0n) is 15.4. The standard InChI is InChI=1S/C20H19ClN4O2S/c1-12-4-3-5-17(13(12)2)24-18(26)10-16-11-28-20(23-16)25-19(27)22-15-8-6-14(21)7-9-15/h3-9,11H,10H2,1-2H3,(H,24,26)(H2,22,23,25,27). The number of urea groups is 1. The lowest BCUT2D eigenvalue weighted by atomic mass is 10.1. The first-order chi connectivity index (χ1) is 13.4. The third-order valence-corrected chi connectivity index (χ3v) is 5.15. The van der Waals surface area contributed by atoms with Crippen molar-refractivity contribution in [1.82, 2.24) is 4.98 Å². The minimum atomic E-state index is -0.414. The number of thiazole rings is 1. The van der Waals surface area contributed by atoms with Crippen LogP contribution in [0, 0.1) is 13.8 Å². The number of halogens is 1. The van der Waals surface area contributed by atoms with Crippen LogP contribution in [0.5, 0.6) is 0 Å². The fraction of sp³-hybridized carbons (Fsp3) is 0.150. The molecule has 3 rings (SSSR count). The Bertz CT molecular complexity index is 1000. The van der Waals surface area contributed by atoms with E-state index in [0.29, 0.717) is 21.5 Å². The smallest absolute Gasteiger partial charge is 0.325 e. The number of nitrogens with zero attached hydrogens (tertiary/aromatic N) is 1. The lowest BCUT2D eigenvalue weighted by Gasteiger charge is -2.09. The number of carbonyl (C=O) groups excluding carboxylic acids is 2. The van der Waals surface area contributed by atoms with Crippen LogP contribution in [0.3, 0.4) is 0 Å². The number of amides is 3. The van der Waals surface area contributed by atoms with Gasteiger partial charge in [0.05, 0.1) is 12.1 Å². The Balaban J connectivity index is 1.54. The number of carbonyl (C=O) groups is 2. The van der Waals surface area contributed by atoms with Gasteiger partial charge in [-0.2, -0.15) is 0 Å². The van der Waals surface area contributed by atoms with Crippen molar-refractivity contribution in [1.29, 1.82) is 0 Å². The fourth-order valence-electron chi connectivity index (χ4n) is 2.48. The van der Waals surface area contributed by atoms with Gasteiger partial charge < -0.3 is 10.6 Å². The largest absolute Gasteiger partial charge is 0.325 e.